The van der Waals surface area contributed by atoms with Gasteiger partial charge in [-0.2, -0.15) is 0 Å². The average Bonchev–Trinajstić information content (AvgIpc) is 2.94. The van der Waals surface area contributed by atoms with Crippen LogP contribution in [0, 0.1) is 13.8 Å². The maximum absolute atomic E-state index is 12.4. The molecule has 0 fully saturated rings. The van der Waals surface area contributed by atoms with Gasteiger partial charge in [-0.25, -0.2) is 0 Å². The van der Waals surface area contributed by atoms with Crippen molar-refractivity contribution in [3.8, 4) is 0 Å². The molecule has 0 aliphatic carbocycles. The van der Waals surface area contributed by atoms with E-state index >= 15 is 0 Å². The molecule has 1 N–H and O–H groups in total. The molecule has 0 aromatic heterocycles. The number of thioether (sulfide) groups is 1. The van der Waals surface area contributed by atoms with E-state index in [-0.39, 0.29) is 23.0 Å². The number of unbranched alkanes of at least 4 members (excludes halogenated alkanes) is 1. The van der Waals surface area contributed by atoms with Gasteiger partial charge in [0.05, 0.1) is 16.4 Å². The molecule has 1 aliphatic heterocycles. The van der Waals surface area contributed by atoms with Gasteiger partial charge in [0, 0.05) is 12.2 Å². The molecule has 0 spiro atoms. The lowest BCUT2D eigenvalue weighted by atomic mass is 10.1. The number of nitrogens with zero attached hydrogens (tertiary/aromatic N) is 1. The average molecular weight is 411 g/mol. The molecule has 0 saturated heterocycles. The van der Waals surface area contributed by atoms with Crippen LogP contribution >= 0.6 is 11.8 Å². The summed E-state index contributed by atoms with van der Waals surface area (Å²) in [6.07, 6.45) is 1.56. The summed E-state index contributed by atoms with van der Waals surface area (Å²) in [5.41, 5.74) is 4.04. The van der Waals surface area contributed by atoms with Crippen molar-refractivity contribution in [2.45, 2.75) is 38.9 Å². The monoisotopic (exact) mass is 410 g/mol. The molecule has 152 valence electrons. The van der Waals surface area contributed by atoms with Crippen molar-refractivity contribution >= 4 is 35.2 Å². The van der Waals surface area contributed by atoms with E-state index in [9.17, 15) is 14.4 Å². The van der Waals surface area contributed by atoms with E-state index in [4.69, 9.17) is 0 Å². The fourth-order valence-corrected chi connectivity index (χ4v) is 4.27. The first kappa shape index (κ1) is 21.1. The topological polar surface area (TPSA) is 66.5 Å². The number of hydrogen-bond acceptors (Lipinski definition) is 4. The molecular weight excluding hydrogens is 384 g/mol. The smallest absolute Gasteiger partial charge is 0.261 e. The quantitative estimate of drug-likeness (QED) is 0.516. The summed E-state index contributed by atoms with van der Waals surface area (Å²) in [6.45, 7) is 6.32. The number of hydrogen-bond donors (Lipinski definition) is 1. The van der Waals surface area contributed by atoms with E-state index in [1.165, 1.54) is 10.5 Å². The number of carbonyl (C=O) groups is 3. The first-order valence-electron chi connectivity index (χ1n) is 9.83. The van der Waals surface area contributed by atoms with Crippen molar-refractivity contribution in [1.29, 1.82) is 0 Å². The molecule has 0 bridgehead atoms. The number of imide groups is 1. The number of amides is 3. The Morgan fingerprint density at radius 1 is 1.03 bits per heavy atom. The molecule has 2 aromatic carbocycles. The highest BCUT2D eigenvalue weighted by molar-refractivity contribution is 8.00. The normalized spacial score (nSPS) is 14.1. The fourth-order valence-electron chi connectivity index (χ4n) is 3.34. The molecular formula is C23H26N2O3S. The molecule has 1 aliphatic rings. The molecule has 29 heavy (non-hydrogen) atoms. The summed E-state index contributed by atoms with van der Waals surface area (Å²) in [7, 11) is 0. The second kappa shape index (κ2) is 9.27. The Morgan fingerprint density at radius 2 is 1.69 bits per heavy atom. The van der Waals surface area contributed by atoms with Gasteiger partial charge in [-0.1, -0.05) is 29.8 Å². The SMILES string of the molecule is Cc1ccc(NC(=O)[C@@H](C)SCCCCN2C(=O)c3ccccc3C2=O)c(C)c1. The summed E-state index contributed by atoms with van der Waals surface area (Å²) in [5, 5.41) is 2.82. The second-order valence-corrected chi connectivity index (χ2v) is 8.78. The molecule has 1 atom stereocenters. The lowest BCUT2D eigenvalue weighted by molar-refractivity contribution is -0.115. The first-order chi connectivity index (χ1) is 13.9. The number of fused-ring (bicyclic) bond motifs is 1. The highest BCUT2D eigenvalue weighted by Gasteiger charge is 2.34. The largest absolute Gasteiger partial charge is 0.325 e. The predicted molar refractivity (Wildman–Crippen MR) is 118 cm³/mol. The highest BCUT2D eigenvalue weighted by atomic mass is 32.2. The summed E-state index contributed by atoms with van der Waals surface area (Å²) < 4.78 is 0. The van der Waals surface area contributed by atoms with Crippen molar-refractivity contribution in [2.75, 3.05) is 17.6 Å². The summed E-state index contributed by atoms with van der Waals surface area (Å²) in [5.74, 6) is 0.367. The van der Waals surface area contributed by atoms with E-state index in [0.29, 0.717) is 17.7 Å². The number of rotatable bonds is 8. The van der Waals surface area contributed by atoms with Crippen LogP contribution in [0.4, 0.5) is 5.69 Å². The fraction of sp³-hybridized carbons (Fsp3) is 0.348. The zero-order chi connectivity index (χ0) is 21.0. The molecule has 2 aromatic rings. The minimum atomic E-state index is -0.209. The molecule has 0 radical (unpaired) electrons. The Hall–Kier alpha value is -2.60. The first-order valence-corrected chi connectivity index (χ1v) is 10.9. The molecule has 1 heterocycles. The minimum absolute atomic E-state index is 0.0118. The standard InChI is InChI=1S/C23H26N2O3S/c1-15-10-11-20(16(2)14-15)24-21(26)17(3)29-13-7-6-12-25-22(27)18-8-4-5-9-19(18)23(25)28/h4-5,8-11,14,17H,6-7,12-13H2,1-3H3,(H,24,26)/t17-/m1/s1. The van der Waals surface area contributed by atoms with Gasteiger partial charge in [0.25, 0.3) is 11.8 Å². The lowest BCUT2D eigenvalue weighted by Crippen LogP contribution is -2.30. The van der Waals surface area contributed by atoms with Crippen molar-refractivity contribution in [3.05, 3.63) is 64.7 Å². The Morgan fingerprint density at radius 3 is 2.31 bits per heavy atom. The van der Waals surface area contributed by atoms with E-state index in [2.05, 4.69) is 5.32 Å². The van der Waals surface area contributed by atoms with Crippen LogP contribution < -0.4 is 5.32 Å². The van der Waals surface area contributed by atoms with Crippen molar-refractivity contribution in [3.63, 3.8) is 0 Å². The van der Waals surface area contributed by atoms with Crippen molar-refractivity contribution in [2.24, 2.45) is 0 Å². The Balaban J connectivity index is 1.40. The van der Waals surface area contributed by atoms with Crippen molar-refractivity contribution < 1.29 is 14.4 Å². The highest BCUT2D eigenvalue weighted by Crippen LogP contribution is 2.23. The van der Waals surface area contributed by atoms with Crippen LogP contribution in [0.15, 0.2) is 42.5 Å². The van der Waals surface area contributed by atoms with Gasteiger partial charge in [-0.3, -0.25) is 19.3 Å². The second-order valence-electron chi connectivity index (χ2n) is 7.34. The van der Waals surface area contributed by atoms with Crippen LogP contribution in [0.5, 0.6) is 0 Å². The van der Waals surface area contributed by atoms with Crippen LogP contribution in [0.25, 0.3) is 0 Å². The van der Waals surface area contributed by atoms with E-state index in [1.807, 2.05) is 39.0 Å². The van der Waals surface area contributed by atoms with Crippen LogP contribution in [0.1, 0.15) is 51.6 Å². The molecule has 0 unspecified atom stereocenters. The van der Waals surface area contributed by atoms with Gasteiger partial charge in [-0.05, 0) is 63.1 Å². The van der Waals surface area contributed by atoms with Crippen molar-refractivity contribution in [1.82, 2.24) is 4.90 Å². The van der Waals surface area contributed by atoms with Gasteiger partial charge in [0.2, 0.25) is 5.91 Å². The zero-order valence-electron chi connectivity index (χ0n) is 17.0. The van der Waals surface area contributed by atoms with Crippen LogP contribution in [-0.4, -0.2) is 40.2 Å². The van der Waals surface area contributed by atoms with E-state index < -0.39 is 0 Å². The number of anilines is 1. The van der Waals surface area contributed by atoms with E-state index in [1.54, 1.807) is 36.0 Å². The van der Waals surface area contributed by atoms with Gasteiger partial charge in [0.1, 0.15) is 0 Å². The maximum Gasteiger partial charge on any atom is 0.261 e. The van der Waals surface area contributed by atoms with Gasteiger partial charge >= 0.3 is 0 Å². The molecule has 6 heteroatoms. The summed E-state index contributed by atoms with van der Waals surface area (Å²) in [4.78, 5) is 38.4. The van der Waals surface area contributed by atoms with E-state index in [0.717, 1.165) is 29.8 Å². The Labute approximate surface area is 175 Å². The molecule has 3 amide bonds. The third-order valence-electron chi connectivity index (χ3n) is 5.03. The van der Waals surface area contributed by atoms with Crippen LogP contribution in [-0.2, 0) is 4.79 Å². The van der Waals surface area contributed by atoms with Gasteiger partial charge in [-0.15, -0.1) is 11.8 Å². The Bertz CT molecular complexity index is 906. The molecule has 5 nitrogen and oxygen atoms in total. The Kier molecular flexibility index (Phi) is 6.75. The van der Waals surface area contributed by atoms with Crippen LogP contribution in [0.2, 0.25) is 0 Å². The number of benzene rings is 2. The molecule has 3 rings (SSSR count). The lowest BCUT2D eigenvalue weighted by Gasteiger charge is -2.15. The number of aryl methyl sites for hydroxylation is 2. The minimum Gasteiger partial charge on any atom is -0.325 e. The zero-order valence-corrected chi connectivity index (χ0v) is 17.8. The number of nitrogens with one attached hydrogen (secondary N) is 1. The molecule has 0 saturated carbocycles. The van der Waals surface area contributed by atoms with Crippen LogP contribution in [0.3, 0.4) is 0 Å². The third kappa shape index (κ3) is 4.88. The maximum atomic E-state index is 12.4. The third-order valence-corrected chi connectivity index (χ3v) is 6.27. The number of carbonyl (C=O) groups excluding carboxylic acids is 3. The predicted octanol–water partition coefficient (Wildman–Crippen LogP) is 4.44. The summed E-state index contributed by atoms with van der Waals surface area (Å²) in [6, 6.07) is 12.9. The summed E-state index contributed by atoms with van der Waals surface area (Å²) >= 11 is 1.58. The van der Waals surface area contributed by atoms with Gasteiger partial charge < -0.3 is 5.32 Å². The van der Waals surface area contributed by atoms with Gasteiger partial charge in [0.15, 0.2) is 0 Å².